The zero-order chi connectivity index (χ0) is 16.5. The number of ether oxygens (including phenoxy) is 2. The van der Waals surface area contributed by atoms with E-state index in [0.717, 1.165) is 36.3 Å². The first-order valence-electron chi connectivity index (χ1n) is 8.14. The highest BCUT2D eigenvalue weighted by atomic mass is 19.1. The predicted octanol–water partition coefficient (Wildman–Crippen LogP) is 3.46. The third kappa shape index (κ3) is 2.82. The number of nitrogens with zero attached hydrogens (tertiary/aromatic N) is 1. The van der Waals surface area contributed by atoms with Crippen molar-refractivity contribution in [2.75, 3.05) is 13.3 Å². The molecule has 24 heavy (non-hydrogen) atoms. The van der Waals surface area contributed by atoms with Crippen LogP contribution in [0.1, 0.15) is 30.0 Å². The van der Waals surface area contributed by atoms with Crippen molar-refractivity contribution in [1.29, 1.82) is 0 Å². The van der Waals surface area contributed by atoms with Gasteiger partial charge in [-0.05, 0) is 48.2 Å². The fourth-order valence-corrected chi connectivity index (χ4v) is 3.42. The van der Waals surface area contributed by atoms with Crippen molar-refractivity contribution in [3.8, 4) is 11.5 Å². The molecule has 0 bridgehead atoms. The molecule has 0 radical (unpaired) electrons. The summed E-state index contributed by atoms with van der Waals surface area (Å²) < 4.78 is 23.8. The fraction of sp³-hybridized carbons (Fsp3) is 0.316. The van der Waals surface area contributed by atoms with E-state index >= 15 is 0 Å². The second-order valence-corrected chi connectivity index (χ2v) is 6.16. The van der Waals surface area contributed by atoms with Crippen LogP contribution in [0.25, 0.3) is 0 Å². The molecule has 5 heteroatoms. The second-order valence-electron chi connectivity index (χ2n) is 6.16. The highest BCUT2D eigenvalue weighted by Gasteiger charge is 2.30. The minimum absolute atomic E-state index is 0.0344. The first-order valence-corrected chi connectivity index (χ1v) is 8.14. The molecule has 1 saturated heterocycles. The van der Waals surface area contributed by atoms with Crippen molar-refractivity contribution in [1.82, 2.24) is 4.90 Å². The molecule has 124 valence electrons. The van der Waals surface area contributed by atoms with E-state index in [1.165, 1.54) is 12.1 Å². The van der Waals surface area contributed by atoms with Gasteiger partial charge >= 0.3 is 0 Å². The first-order chi connectivity index (χ1) is 11.7. The van der Waals surface area contributed by atoms with Crippen LogP contribution in [-0.2, 0) is 11.2 Å². The molecular formula is C19H18FNO3. The van der Waals surface area contributed by atoms with Crippen molar-refractivity contribution in [2.24, 2.45) is 0 Å². The number of carbonyl (C=O) groups excluding carboxylic acids is 1. The van der Waals surface area contributed by atoms with Crippen LogP contribution < -0.4 is 9.47 Å². The van der Waals surface area contributed by atoms with E-state index in [1.807, 2.05) is 23.1 Å². The minimum Gasteiger partial charge on any atom is -0.454 e. The van der Waals surface area contributed by atoms with E-state index in [1.54, 1.807) is 12.1 Å². The van der Waals surface area contributed by atoms with Crippen LogP contribution in [-0.4, -0.2) is 24.1 Å². The normalized spacial score (nSPS) is 18.9. The van der Waals surface area contributed by atoms with Crippen LogP contribution in [0.15, 0.2) is 42.5 Å². The number of hydrogen-bond donors (Lipinski definition) is 0. The predicted molar refractivity (Wildman–Crippen MR) is 86.4 cm³/mol. The van der Waals surface area contributed by atoms with Gasteiger partial charge in [-0.3, -0.25) is 4.79 Å². The van der Waals surface area contributed by atoms with Gasteiger partial charge < -0.3 is 14.4 Å². The van der Waals surface area contributed by atoms with Crippen molar-refractivity contribution in [3.05, 3.63) is 59.4 Å². The molecule has 2 aromatic rings. The van der Waals surface area contributed by atoms with Gasteiger partial charge in [-0.1, -0.05) is 18.2 Å². The Morgan fingerprint density at radius 2 is 1.92 bits per heavy atom. The van der Waals surface area contributed by atoms with Gasteiger partial charge in [0.2, 0.25) is 12.7 Å². The Bertz CT molecular complexity index is 760. The number of rotatable bonds is 3. The van der Waals surface area contributed by atoms with Crippen LogP contribution >= 0.6 is 0 Å². The Morgan fingerprint density at radius 1 is 1.12 bits per heavy atom. The number of carbonyl (C=O) groups is 1. The molecule has 2 aliphatic rings. The third-order valence-electron chi connectivity index (χ3n) is 4.62. The van der Waals surface area contributed by atoms with Gasteiger partial charge in [-0.15, -0.1) is 0 Å². The molecule has 0 aliphatic carbocycles. The van der Waals surface area contributed by atoms with E-state index in [0.29, 0.717) is 12.2 Å². The fourth-order valence-electron chi connectivity index (χ4n) is 3.42. The summed E-state index contributed by atoms with van der Waals surface area (Å²) in [5, 5.41) is 0. The van der Waals surface area contributed by atoms with Crippen LogP contribution in [0, 0.1) is 5.82 Å². The Labute approximate surface area is 139 Å². The summed E-state index contributed by atoms with van der Waals surface area (Å²) in [7, 11) is 0. The lowest BCUT2D eigenvalue weighted by Gasteiger charge is -2.25. The molecule has 0 N–H and O–H groups in total. The second kappa shape index (κ2) is 6.15. The summed E-state index contributed by atoms with van der Waals surface area (Å²) in [5.41, 5.74) is 1.90. The Hall–Kier alpha value is -2.56. The van der Waals surface area contributed by atoms with Gasteiger partial charge in [0.25, 0.3) is 0 Å². The quantitative estimate of drug-likeness (QED) is 0.866. The van der Waals surface area contributed by atoms with E-state index in [9.17, 15) is 9.18 Å². The third-order valence-corrected chi connectivity index (χ3v) is 4.62. The van der Waals surface area contributed by atoms with Gasteiger partial charge in [-0.2, -0.15) is 0 Å². The Kier molecular flexibility index (Phi) is 3.84. The molecule has 2 aliphatic heterocycles. The molecule has 0 aromatic heterocycles. The van der Waals surface area contributed by atoms with E-state index in [-0.39, 0.29) is 24.6 Å². The molecule has 1 amide bonds. The molecule has 4 rings (SSSR count). The minimum atomic E-state index is -0.255. The van der Waals surface area contributed by atoms with E-state index in [2.05, 4.69) is 0 Å². The number of fused-ring (bicyclic) bond motifs is 1. The summed E-state index contributed by atoms with van der Waals surface area (Å²) in [6.07, 6.45) is 2.21. The monoisotopic (exact) mass is 327 g/mol. The Morgan fingerprint density at radius 3 is 2.75 bits per heavy atom. The average molecular weight is 327 g/mol. The van der Waals surface area contributed by atoms with Gasteiger partial charge in [0.15, 0.2) is 11.5 Å². The molecule has 0 saturated carbocycles. The number of hydrogen-bond acceptors (Lipinski definition) is 3. The van der Waals surface area contributed by atoms with E-state index < -0.39 is 0 Å². The molecule has 1 fully saturated rings. The maximum atomic E-state index is 13.1. The highest BCUT2D eigenvalue weighted by molar-refractivity contribution is 5.79. The molecule has 2 aromatic carbocycles. The van der Waals surface area contributed by atoms with Gasteiger partial charge in [0.05, 0.1) is 12.5 Å². The lowest BCUT2D eigenvalue weighted by Crippen LogP contribution is -2.31. The largest absolute Gasteiger partial charge is 0.454 e. The smallest absolute Gasteiger partial charge is 0.231 e. The molecule has 1 atom stereocenters. The summed E-state index contributed by atoms with van der Waals surface area (Å²) in [4.78, 5) is 14.6. The SMILES string of the molecule is O=C(Cc1ccc2c(c1)OCO2)N1CCC[C@@H]1c1ccc(F)cc1. The standard InChI is InChI=1S/C19H18FNO3/c20-15-6-4-14(5-7-15)16-2-1-9-21(16)19(22)11-13-3-8-17-18(10-13)24-12-23-17/h3-8,10,16H,1-2,9,11-12H2/t16-/m1/s1. The molecule has 0 unspecified atom stereocenters. The van der Waals surface area contributed by atoms with Gasteiger partial charge in [0.1, 0.15) is 5.82 Å². The van der Waals surface area contributed by atoms with Crippen LogP contribution in [0.3, 0.4) is 0 Å². The van der Waals surface area contributed by atoms with Crippen LogP contribution in [0.4, 0.5) is 4.39 Å². The van der Waals surface area contributed by atoms with Gasteiger partial charge in [-0.25, -0.2) is 4.39 Å². The molecule has 0 spiro atoms. The highest BCUT2D eigenvalue weighted by Crippen LogP contribution is 2.35. The number of benzene rings is 2. The number of amides is 1. The van der Waals surface area contributed by atoms with Crippen molar-refractivity contribution >= 4 is 5.91 Å². The van der Waals surface area contributed by atoms with Crippen molar-refractivity contribution in [3.63, 3.8) is 0 Å². The molecule has 4 nitrogen and oxygen atoms in total. The Balaban J connectivity index is 1.50. The number of halogens is 1. The summed E-state index contributed by atoms with van der Waals surface area (Å²) in [5.74, 6) is 1.24. The summed E-state index contributed by atoms with van der Waals surface area (Å²) in [6.45, 7) is 0.969. The lowest BCUT2D eigenvalue weighted by atomic mass is 10.0. The van der Waals surface area contributed by atoms with Crippen molar-refractivity contribution < 1.29 is 18.7 Å². The zero-order valence-electron chi connectivity index (χ0n) is 13.2. The van der Waals surface area contributed by atoms with Crippen LogP contribution in [0.5, 0.6) is 11.5 Å². The maximum Gasteiger partial charge on any atom is 0.231 e. The topological polar surface area (TPSA) is 38.8 Å². The van der Waals surface area contributed by atoms with Crippen LogP contribution in [0.2, 0.25) is 0 Å². The van der Waals surface area contributed by atoms with Gasteiger partial charge in [0, 0.05) is 6.54 Å². The molecular weight excluding hydrogens is 309 g/mol. The maximum absolute atomic E-state index is 13.1. The number of likely N-dealkylation sites (tertiary alicyclic amines) is 1. The molecule has 2 heterocycles. The average Bonchev–Trinajstić information content (AvgIpc) is 3.24. The summed E-state index contributed by atoms with van der Waals surface area (Å²) in [6, 6.07) is 12.1. The van der Waals surface area contributed by atoms with Crippen molar-refractivity contribution in [2.45, 2.75) is 25.3 Å². The zero-order valence-corrected chi connectivity index (χ0v) is 13.2. The summed E-state index contributed by atoms with van der Waals surface area (Å²) >= 11 is 0. The van der Waals surface area contributed by atoms with E-state index in [4.69, 9.17) is 9.47 Å². The lowest BCUT2D eigenvalue weighted by molar-refractivity contribution is -0.131. The first kappa shape index (κ1) is 15.0.